The van der Waals surface area contributed by atoms with Crippen LogP contribution < -0.4 is 25.0 Å². The van der Waals surface area contributed by atoms with Crippen molar-refractivity contribution in [3.63, 3.8) is 0 Å². The van der Waals surface area contributed by atoms with Crippen molar-refractivity contribution in [2.24, 2.45) is 5.41 Å². The molecule has 2 aliphatic heterocycles. The SMILES string of the molecule is CCN(C(=O)c1cc(F)ccc1Oc1cncnc1N1CC2(CC(Oc3ccnc4c3C(CCNC)NCC4)C2)C1)C(C)C. The second-order valence-electron chi connectivity index (χ2n) is 12.5. The highest BCUT2D eigenvalue weighted by molar-refractivity contribution is 5.97. The van der Waals surface area contributed by atoms with Crippen LogP contribution in [0.2, 0.25) is 0 Å². The summed E-state index contributed by atoms with van der Waals surface area (Å²) in [5.74, 6) is 1.56. The Hall–Kier alpha value is -3.83. The number of nitrogens with one attached hydrogen (secondary N) is 2. The summed E-state index contributed by atoms with van der Waals surface area (Å²) in [6, 6.07) is 6.25. The number of carbonyl (C=O) groups is 1. The summed E-state index contributed by atoms with van der Waals surface area (Å²) in [4.78, 5) is 30.5. The van der Waals surface area contributed by atoms with Crippen LogP contribution in [-0.4, -0.2) is 77.7 Å². The minimum absolute atomic E-state index is 0.0350. The van der Waals surface area contributed by atoms with Gasteiger partial charge in [0.25, 0.3) is 5.91 Å². The molecule has 1 saturated heterocycles. The smallest absolute Gasteiger partial charge is 0.257 e. The van der Waals surface area contributed by atoms with Gasteiger partial charge in [0.2, 0.25) is 0 Å². The molecule has 1 aromatic carbocycles. The molecule has 234 valence electrons. The number of benzene rings is 1. The molecule has 0 radical (unpaired) electrons. The van der Waals surface area contributed by atoms with Crippen molar-refractivity contribution in [3.05, 3.63) is 65.6 Å². The third-order valence-electron chi connectivity index (χ3n) is 9.06. The third-order valence-corrected chi connectivity index (χ3v) is 9.06. The molecule has 4 heterocycles. The van der Waals surface area contributed by atoms with Crippen LogP contribution in [-0.2, 0) is 6.42 Å². The maximum absolute atomic E-state index is 14.3. The fourth-order valence-electron chi connectivity index (χ4n) is 6.91. The van der Waals surface area contributed by atoms with E-state index in [9.17, 15) is 9.18 Å². The van der Waals surface area contributed by atoms with Crippen LogP contribution in [0.4, 0.5) is 10.2 Å². The number of pyridine rings is 1. The summed E-state index contributed by atoms with van der Waals surface area (Å²) < 4.78 is 27.1. The second kappa shape index (κ2) is 12.6. The number of halogens is 1. The quantitative estimate of drug-likeness (QED) is 0.327. The Bertz CT molecular complexity index is 1490. The van der Waals surface area contributed by atoms with Gasteiger partial charge in [0.15, 0.2) is 11.6 Å². The van der Waals surface area contributed by atoms with Gasteiger partial charge in [0.1, 0.15) is 29.7 Å². The Kier molecular flexibility index (Phi) is 8.68. The first-order valence-electron chi connectivity index (χ1n) is 15.7. The van der Waals surface area contributed by atoms with E-state index in [-0.39, 0.29) is 40.8 Å². The standard InChI is InChI=1S/C33H42FN7O3/c1-5-41(21(2)3)32(42)24-14-22(34)6-7-27(24)44-29-17-36-20-39-31(29)40-18-33(19-40)15-23(16-33)43-28-10-13-38-26-9-12-37-25(30(26)28)8-11-35-4/h6-7,10,13-14,17,20-21,23,25,35,37H,5,8-9,11-12,15-16,18-19H2,1-4H3. The molecule has 11 heteroatoms. The van der Waals surface area contributed by atoms with Gasteiger partial charge in [-0.3, -0.25) is 9.78 Å². The van der Waals surface area contributed by atoms with E-state index in [4.69, 9.17) is 9.47 Å². The van der Waals surface area contributed by atoms with Crippen LogP contribution in [0.25, 0.3) is 0 Å². The Morgan fingerprint density at radius 3 is 2.77 bits per heavy atom. The summed E-state index contributed by atoms with van der Waals surface area (Å²) in [5.41, 5.74) is 2.69. The molecular weight excluding hydrogens is 561 g/mol. The average molecular weight is 604 g/mol. The molecular formula is C33H42FN7O3. The van der Waals surface area contributed by atoms with Crippen LogP contribution in [0.1, 0.15) is 67.7 Å². The molecule has 2 fully saturated rings. The molecule has 2 N–H and O–H groups in total. The van der Waals surface area contributed by atoms with Gasteiger partial charge < -0.3 is 29.9 Å². The van der Waals surface area contributed by atoms with E-state index in [1.807, 2.05) is 40.1 Å². The molecule has 1 spiro atoms. The van der Waals surface area contributed by atoms with Crippen LogP contribution in [0.3, 0.4) is 0 Å². The highest BCUT2D eigenvalue weighted by Gasteiger charge is 2.54. The Morgan fingerprint density at radius 1 is 1.20 bits per heavy atom. The fraction of sp³-hybridized carbons (Fsp3) is 0.515. The number of hydrogen-bond donors (Lipinski definition) is 2. The van der Waals surface area contributed by atoms with E-state index in [1.165, 1.54) is 30.1 Å². The number of ether oxygens (including phenoxy) is 2. The maximum atomic E-state index is 14.3. The fourth-order valence-corrected chi connectivity index (χ4v) is 6.91. The number of carbonyl (C=O) groups excluding carboxylic acids is 1. The molecule has 10 nitrogen and oxygen atoms in total. The van der Waals surface area contributed by atoms with Gasteiger partial charge in [0.05, 0.1) is 17.5 Å². The second-order valence-corrected chi connectivity index (χ2v) is 12.5. The molecule has 6 rings (SSSR count). The van der Waals surface area contributed by atoms with Crippen molar-refractivity contribution in [3.8, 4) is 17.2 Å². The lowest BCUT2D eigenvalue weighted by Gasteiger charge is -2.59. The first-order valence-corrected chi connectivity index (χ1v) is 15.7. The van der Waals surface area contributed by atoms with Gasteiger partial charge >= 0.3 is 0 Å². The molecule has 1 unspecified atom stereocenters. The Labute approximate surface area is 258 Å². The number of nitrogens with zero attached hydrogens (tertiary/aromatic N) is 5. The zero-order valence-electron chi connectivity index (χ0n) is 26.0. The van der Waals surface area contributed by atoms with Gasteiger partial charge in [-0.1, -0.05) is 0 Å². The van der Waals surface area contributed by atoms with Crippen LogP contribution >= 0.6 is 0 Å². The van der Waals surface area contributed by atoms with Gasteiger partial charge in [-0.25, -0.2) is 14.4 Å². The van der Waals surface area contributed by atoms with E-state index in [0.29, 0.717) is 18.1 Å². The van der Waals surface area contributed by atoms with Crippen molar-refractivity contribution in [1.29, 1.82) is 0 Å². The van der Waals surface area contributed by atoms with Crippen LogP contribution in [0.15, 0.2) is 43.0 Å². The van der Waals surface area contributed by atoms with Crippen LogP contribution in [0, 0.1) is 11.2 Å². The summed E-state index contributed by atoms with van der Waals surface area (Å²) in [5, 5.41) is 6.89. The van der Waals surface area contributed by atoms with E-state index in [0.717, 1.165) is 63.3 Å². The average Bonchev–Trinajstić information content (AvgIpc) is 2.98. The predicted molar refractivity (Wildman–Crippen MR) is 166 cm³/mol. The van der Waals surface area contributed by atoms with E-state index in [2.05, 4.69) is 30.5 Å². The zero-order valence-corrected chi connectivity index (χ0v) is 26.0. The number of amides is 1. The lowest BCUT2D eigenvalue weighted by Crippen LogP contribution is -2.65. The highest BCUT2D eigenvalue weighted by atomic mass is 19.1. The Balaban J connectivity index is 1.12. The van der Waals surface area contributed by atoms with E-state index in [1.54, 1.807) is 11.1 Å². The molecule has 1 saturated carbocycles. The van der Waals surface area contributed by atoms with Crippen LogP contribution in [0.5, 0.6) is 17.2 Å². The summed E-state index contributed by atoms with van der Waals surface area (Å²) in [6.45, 7) is 9.79. The predicted octanol–water partition coefficient (Wildman–Crippen LogP) is 4.52. The number of fused-ring (bicyclic) bond motifs is 1. The number of rotatable bonds is 11. The monoisotopic (exact) mass is 603 g/mol. The number of hydrogen-bond acceptors (Lipinski definition) is 9. The molecule has 3 aromatic rings. The van der Waals surface area contributed by atoms with Crippen molar-refractivity contribution in [2.75, 3.05) is 44.7 Å². The minimum Gasteiger partial charge on any atom is -0.490 e. The Morgan fingerprint density at radius 2 is 2.02 bits per heavy atom. The van der Waals surface area contributed by atoms with Gasteiger partial charge in [-0.15, -0.1) is 0 Å². The van der Waals surface area contributed by atoms with E-state index >= 15 is 0 Å². The maximum Gasteiger partial charge on any atom is 0.257 e. The summed E-state index contributed by atoms with van der Waals surface area (Å²) >= 11 is 0. The van der Waals surface area contributed by atoms with E-state index < -0.39 is 5.82 Å². The first kappa shape index (κ1) is 30.2. The van der Waals surface area contributed by atoms with Crippen molar-refractivity contribution >= 4 is 11.7 Å². The topological polar surface area (TPSA) is 105 Å². The summed E-state index contributed by atoms with van der Waals surface area (Å²) in [7, 11) is 1.98. The lowest BCUT2D eigenvalue weighted by molar-refractivity contribution is -0.0351. The first-order chi connectivity index (χ1) is 21.3. The number of aromatic nitrogens is 3. The molecule has 3 aliphatic rings. The van der Waals surface area contributed by atoms with Gasteiger partial charge in [0, 0.05) is 61.9 Å². The molecule has 44 heavy (non-hydrogen) atoms. The molecule has 2 aromatic heterocycles. The van der Waals surface area contributed by atoms with Crippen molar-refractivity contribution in [2.45, 2.75) is 64.6 Å². The highest BCUT2D eigenvalue weighted by Crippen LogP contribution is 2.52. The zero-order chi connectivity index (χ0) is 30.8. The summed E-state index contributed by atoms with van der Waals surface area (Å²) in [6.07, 6.45) is 8.96. The lowest BCUT2D eigenvalue weighted by atomic mass is 9.61. The van der Waals surface area contributed by atoms with Gasteiger partial charge in [-0.2, -0.15) is 0 Å². The molecule has 1 amide bonds. The van der Waals surface area contributed by atoms with Crippen molar-refractivity contribution in [1.82, 2.24) is 30.5 Å². The largest absolute Gasteiger partial charge is 0.490 e. The molecule has 1 aliphatic carbocycles. The van der Waals surface area contributed by atoms with Gasteiger partial charge in [-0.05, 0) is 77.9 Å². The van der Waals surface area contributed by atoms with Crippen molar-refractivity contribution < 1.29 is 18.7 Å². The minimum atomic E-state index is -0.492. The third kappa shape index (κ3) is 5.95. The normalized spacial score (nSPS) is 18.9. The number of anilines is 1. The molecule has 0 bridgehead atoms. The molecule has 1 atom stereocenters.